The van der Waals surface area contributed by atoms with E-state index in [-0.39, 0.29) is 5.91 Å². The van der Waals surface area contributed by atoms with Gasteiger partial charge in [-0.05, 0) is 58.1 Å². The Morgan fingerprint density at radius 2 is 2.09 bits per heavy atom. The largest absolute Gasteiger partial charge is 0.370 e. The lowest BCUT2D eigenvalue weighted by Gasteiger charge is -2.18. The van der Waals surface area contributed by atoms with Crippen molar-refractivity contribution < 1.29 is 4.79 Å². The summed E-state index contributed by atoms with van der Waals surface area (Å²) in [6, 6.07) is 3.75. The third-order valence-electron chi connectivity index (χ3n) is 4.20. The average Bonchev–Trinajstić information content (AvgIpc) is 2.57. The molecule has 120 valence electrons. The third-order valence-corrected chi connectivity index (χ3v) is 4.20. The number of nitrogens with one attached hydrogen (secondary N) is 1. The van der Waals surface area contributed by atoms with E-state index >= 15 is 0 Å². The molecule has 1 aliphatic carbocycles. The van der Waals surface area contributed by atoms with E-state index in [0.29, 0.717) is 5.56 Å². The van der Waals surface area contributed by atoms with Crippen molar-refractivity contribution in [3.05, 3.63) is 35.5 Å². The number of anilines is 1. The molecule has 0 bridgehead atoms. The van der Waals surface area contributed by atoms with Crippen LogP contribution in [-0.2, 0) is 0 Å². The molecule has 0 unspecified atom stereocenters. The number of pyridine rings is 1. The van der Waals surface area contributed by atoms with Gasteiger partial charge < -0.3 is 10.2 Å². The normalized spacial score (nSPS) is 14.4. The topological polar surface area (TPSA) is 45.2 Å². The van der Waals surface area contributed by atoms with Crippen LogP contribution in [-0.4, -0.2) is 35.4 Å². The molecule has 0 aromatic carbocycles. The predicted molar refractivity (Wildman–Crippen MR) is 91.1 cm³/mol. The van der Waals surface area contributed by atoms with Gasteiger partial charge in [0, 0.05) is 25.8 Å². The Labute approximate surface area is 133 Å². The van der Waals surface area contributed by atoms with E-state index in [1.54, 1.807) is 16.7 Å². The highest BCUT2D eigenvalue weighted by Gasteiger charge is 2.12. The Bertz CT molecular complexity index is 504. The first kappa shape index (κ1) is 16.5. The number of rotatable bonds is 7. The number of aromatic nitrogens is 1. The summed E-state index contributed by atoms with van der Waals surface area (Å²) in [5, 5.41) is 3.34. The molecule has 22 heavy (non-hydrogen) atoms. The highest BCUT2D eigenvalue weighted by atomic mass is 16.2. The van der Waals surface area contributed by atoms with Crippen LogP contribution < -0.4 is 5.32 Å². The monoisotopic (exact) mass is 301 g/mol. The van der Waals surface area contributed by atoms with Gasteiger partial charge in [0.1, 0.15) is 5.82 Å². The lowest BCUT2D eigenvalue weighted by Crippen LogP contribution is -2.30. The first-order chi connectivity index (χ1) is 10.7. The summed E-state index contributed by atoms with van der Waals surface area (Å²) in [5.74, 6) is 0.893. The summed E-state index contributed by atoms with van der Waals surface area (Å²) in [6.07, 6.45) is 10.3. The van der Waals surface area contributed by atoms with Gasteiger partial charge in [-0.1, -0.05) is 11.6 Å². The van der Waals surface area contributed by atoms with Crippen molar-refractivity contribution in [2.75, 3.05) is 25.0 Å². The molecule has 0 saturated heterocycles. The van der Waals surface area contributed by atoms with Crippen LogP contribution in [0.4, 0.5) is 5.82 Å². The quantitative estimate of drug-likeness (QED) is 0.778. The zero-order valence-electron chi connectivity index (χ0n) is 13.8. The fraction of sp³-hybridized carbons (Fsp3) is 0.556. The van der Waals surface area contributed by atoms with Crippen LogP contribution in [0.5, 0.6) is 0 Å². The maximum absolute atomic E-state index is 12.2. The van der Waals surface area contributed by atoms with E-state index < -0.39 is 0 Å². The minimum atomic E-state index is 0.0522. The number of nitrogens with zero attached hydrogens (tertiary/aromatic N) is 2. The summed E-state index contributed by atoms with van der Waals surface area (Å²) in [7, 11) is 0. The Kier molecular flexibility index (Phi) is 6.44. The first-order valence-electron chi connectivity index (χ1n) is 8.41. The average molecular weight is 301 g/mol. The van der Waals surface area contributed by atoms with E-state index in [1.807, 2.05) is 26.0 Å². The SMILES string of the molecule is CCN(CC)C(=O)c1ccc(NCCC2=CCCCC2)nc1. The highest BCUT2D eigenvalue weighted by Crippen LogP contribution is 2.20. The first-order valence-corrected chi connectivity index (χ1v) is 8.41. The van der Waals surface area contributed by atoms with Crippen LogP contribution in [0.1, 0.15) is 56.3 Å². The molecule has 1 aromatic heterocycles. The molecular formula is C18H27N3O. The number of hydrogen-bond donors (Lipinski definition) is 1. The fourth-order valence-corrected chi connectivity index (χ4v) is 2.80. The van der Waals surface area contributed by atoms with Crippen molar-refractivity contribution in [2.24, 2.45) is 0 Å². The van der Waals surface area contributed by atoms with Gasteiger partial charge in [0.2, 0.25) is 0 Å². The number of amides is 1. The van der Waals surface area contributed by atoms with E-state index in [0.717, 1.165) is 31.9 Å². The van der Waals surface area contributed by atoms with Crippen molar-refractivity contribution >= 4 is 11.7 Å². The minimum absolute atomic E-state index is 0.0522. The van der Waals surface area contributed by atoms with Crippen molar-refractivity contribution in [3.8, 4) is 0 Å². The molecule has 1 heterocycles. The molecule has 4 heteroatoms. The predicted octanol–water partition coefficient (Wildman–Crippen LogP) is 3.87. The standard InChI is InChI=1S/C18H27N3O/c1-3-21(4-2)18(22)16-10-11-17(20-14-16)19-13-12-15-8-6-5-7-9-15/h8,10-11,14H,3-7,9,12-13H2,1-2H3,(H,19,20). The Morgan fingerprint density at radius 3 is 2.68 bits per heavy atom. The molecule has 2 rings (SSSR count). The lowest BCUT2D eigenvalue weighted by molar-refractivity contribution is 0.0772. The van der Waals surface area contributed by atoms with Gasteiger partial charge in [0.15, 0.2) is 0 Å². The summed E-state index contributed by atoms with van der Waals surface area (Å²) in [6.45, 7) is 6.34. The molecule has 1 N–H and O–H groups in total. The number of allylic oxidation sites excluding steroid dienone is 1. The van der Waals surface area contributed by atoms with Crippen LogP contribution in [0.2, 0.25) is 0 Å². The smallest absolute Gasteiger partial charge is 0.255 e. The second kappa shape index (κ2) is 8.57. The van der Waals surface area contributed by atoms with Crippen molar-refractivity contribution in [3.63, 3.8) is 0 Å². The summed E-state index contributed by atoms with van der Waals surface area (Å²) in [5.41, 5.74) is 2.22. The van der Waals surface area contributed by atoms with Crippen LogP contribution in [0.3, 0.4) is 0 Å². The Balaban J connectivity index is 1.83. The second-order valence-electron chi connectivity index (χ2n) is 5.69. The van der Waals surface area contributed by atoms with Gasteiger partial charge in [-0.25, -0.2) is 4.98 Å². The molecule has 0 radical (unpaired) electrons. The van der Waals surface area contributed by atoms with E-state index in [2.05, 4.69) is 16.4 Å². The van der Waals surface area contributed by atoms with Crippen LogP contribution in [0.25, 0.3) is 0 Å². The van der Waals surface area contributed by atoms with Gasteiger partial charge in [-0.15, -0.1) is 0 Å². The van der Waals surface area contributed by atoms with Crippen molar-refractivity contribution in [1.29, 1.82) is 0 Å². The van der Waals surface area contributed by atoms with Crippen LogP contribution in [0, 0.1) is 0 Å². The zero-order chi connectivity index (χ0) is 15.8. The molecular weight excluding hydrogens is 274 g/mol. The fourth-order valence-electron chi connectivity index (χ4n) is 2.80. The summed E-state index contributed by atoms with van der Waals surface area (Å²) >= 11 is 0. The van der Waals surface area contributed by atoms with E-state index in [9.17, 15) is 4.79 Å². The Morgan fingerprint density at radius 1 is 1.27 bits per heavy atom. The number of carbonyl (C=O) groups excluding carboxylic acids is 1. The molecule has 0 spiro atoms. The maximum atomic E-state index is 12.2. The van der Waals surface area contributed by atoms with Gasteiger partial charge >= 0.3 is 0 Å². The number of hydrogen-bond acceptors (Lipinski definition) is 3. The second-order valence-corrected chi connectivity index (χ2v) is 5.69. The number of carbonyl (C=O) groups is 1. The summed E-state index contributed by atoms with van der Waals surface area (Å²) in [4.78, 5) is 18.4. The van der Waals surface area contributed by atoms with Gasteiger partial charge in [0.05, 0.1) is 5.56 Å². The van der Waals surface area contributed by atoms with E-state index in [4.69, 9.17) is 0 Å². The van der Waals surface area contributed by atoms with Gasteiger partial charge in [-0.3, -0.25) is 4.79 Å². The van der Waals surface area contributed by atoms with Gasteiger partial charge in [0.25, 0.3) is 5.91 Å². The molecule has 4 nitrogen and oxygen atoms in total. The molecule has 0 aliphatic heterocycles. The Hall–Kier alpha value is -1.84. The van der Waals surface area contributed by atoms with Crippen LogP contribution in [0.15, 0.2) is 30.0 Å². The highest BCUT2D eigenvalue weighted by molar-refractivity contribution is 5.94. The molecule has 0 saturated carbocycles. The molecule has 0 fully saturated rings. The lowest BCUT2D eigenvalue weighted by atomic mass is 9.97. The van der Waals surface area contributed by atoms with Crippen LogP contribution >= 0.6 is 0 Å². The minimum Gasteiger partial charge on any atom is -0.370 e. The molecule has 1 aliphatic rings. The maximum Gasteiger partial charge on any atom is 0.255 e. The van der Waals surface area contributed by atoms with E-state index in [1.165, 1.54) is 25.7 Å². The molecule has 0 atom stereocenters. The van der Waals surface area contributed by atoms with Crippen molar-refractivity contribution in [1.82, 2.24) is 9.88 Å². The van der Waals surface area contributed by atoms with Gasteiger partial charge in [-0.2, -0.15) is 0 Å². The third kappa shape index (κ3) is 4.58. The molecule has 1 aromatic rings. The zero-order valence-corrected chi connectivity index (χ0v) is 13.8. The summed E-state index contributed by atoms with van der Waals surface area (Å²) < 4.78 is 0. The van der Waals surface area contributed by atoms with Crippen molar-refractivity contribution in [2.45, 2.75) is 46.0 Å². The molecule has 1 amide bonds.